The number of para-hydroxylation sites is 2. The lowest BCUT2D eigenvalue weighted by atomic mass is 9.95. The second-order valence-electron chi connectivity index (χ2n) is 7.12. The molecule has 1 heterocycles. The molecule has 1 aliphatic carbocycles. The first-order valence-electron chi connectivity index (χ1n) is 9.90. The Morgan fingerprint density at radius 1 is 1.21 bits per heavy atom. The molecule has 1 aromatic rings. The van der Waals surface area contributed by atoms with E-state index in [0.717, 1.165) is 25.7 Å². The third-order valence-corrected chi connectivity index (χ3v) is 4.97. The van der Waals surface area contributed by atoms with E-state index < -0.39 is 5.97 Å². The van der Waals surface area contributed by atoms with Gasteiger partial charge in [-0.2, -0.15) is 0 Å². The highest BCUT2D eigenvalue weighted by molar-refractivity contribution is 6.09. The predicted octanol–water partition coefficient (Wildman–Crippen LogP) is 2.73. The molecule has 1 aromatic carbocycles. The summed E-state index contributed by atoms with van der Waals surface area (Å²) in [5.41, 5.74) is 1.74. The van der Waals surface area contributed by atoms with Crippen molar-refractivity contribution >= 4 is 29.2 Å². The van der Waals surface area contributed by atoms with Gasteiger partial charge in [-0.25, -0.2) is 0 Å². The molecule has 0 unspecified atom stereocenters. The highest BCUT2D eigenvalue weighted by Crippen LogP contribution is 2.30. The molecular weight excluding hydrogens is 358 g/mol. The number of nitrogens with one attached hydrogen (secondary N) is 2. The van der Waals surface area contributed by atoms with Gasteiger partial charge in [-0.1, -0.05) is 31.4 Å². The molecule has 2 aliphatic rings. The van der Waals surface area contributed by atoms with Gasteiger partial charge >= 0.3 is 5.97 Å². The third kappa shape index (κ3) is 5.12. The first-order chi connectivity index (χ1) is 13.6. The van der Waals surface area contributed by atoms with Crippen molar-refractivity contribution in [1.29, 1.82) is 0 Å². The van der Waals surface area contributed by atoms with Gasteiger partial charge in [-0.05, 0) is 31.9 Å². The summed E-state index contributed by atoms with van der Waals surface area (Å²) in [7, 11) is 0. The van der Waals surface area contributed by atoms with Crippen molar-refractivity contribution in [3.63, 3.8) is 0 Å². The van der Waals surface area contributed by atoms with Crippen LogP contribution in [0, 0.1) is 0 Å². The number of carbonyl (C=O) groups excluding carboxylic acids is 3. The summed E-state index contributed by atoms with van der Waals surface area (Å²) in [6.07, 6.45) is 6.77. The molecule has 0 aromatic heterocycles. The summed E-state index contributed by atoms with van der Waals surface area (Å²) in [5, 5.41) is 6.18. The second-order valence-corrected chi connectivity index (χ2v) is 7.12. The van der Waals surface area contributed by atoms with Gasteiger partial charge < -0.3 is 15.4 Å². The molecule has 0 spiro atoms. The molecule has 1 fully saturated rings. The molecule has 0 bridgehead atoms. The SMILES string of the molecule is CCOC(=O)CC1=CC(=O)N(CC(=O)NC2CCCCC2)c2ccccc2N1. The Hall–Kier alpha value is -2.83. The Morgan fingerprint density at radius 2 is 1.96 bits per heavy atom. The van der Waals surface area contributed by atoms with E-state index in [0.29, 0.717) is 17.1 Å². The second kappa shape index (κ2) is 9.39. The standard InChI is InChI=1S/C21H27N3O4/c1-2-28-21(27)13-16-12-20(26)24(18-11-7-6-10-17(18)22-16)14-19(25)23-15-8-4-3-5-9-15/h6-7,10-12,15,22H,2-5,8-9,13-14H2,1H3,(H,23,25). The largest absolute Gasteiger partial charge is 0.466 e. The Bertz CT molecular complexity index is 769. The van der Waals surface area contributed by atoms with Gasteiger partial charge in [0.15, 0.2) is 0 Å². The van der Waals surface area contributed by atoms with Crippen LogP contribution in [-0.2, 0) is 19.1 Å². The normalized spacial score (nSPS) is 17.1. The summed E-state index contributed by atoms with van der Waals surface area (Å²) in [4.78, 5) is 38.7. The van der Waals surface area contributed by atoms with Crippen molar-refractivity contribution in [1.82, 2.24) is 5.32 Å². The van der Waals surface area contributed by atoms with Crippen molar-refractivity contribution in [3.05, 3.63) is 36.0 Å². The fraction of sp³-hybridized carbons (Fsp3) is 0.476. The quantitative estimate of drug-likeness (QED) is 0.735. The molecular formula is C21H27N3O4. The fourth-order valence-electron chi connectivity index (χ4n) is 3.66. The molecule has 3 rings (SSSR count). The lowest BCUT2D eigenvalue weighted by Gasteiger charge is -2.26. The molecule has 1 saturated carbocycles. The van der Waals surface area contributed by atoms with Crippen molar-refractivity contribution in [2.24, 2.45) is 0 Å². The summed E-state index contributed by atoms with van der Waals surface area (Å²) in [6.45, 7) is 1.96. The number of fused-ring (bicyclic) bond motifs is 1. The van der Waals surface area contributed by atoms with Crippen LogP contribution in [0.25, 0.3) is 0 Å². The van der Waals surface area contributed by atoms with Crippen LogP contribution in [0.5, 0.6) is 0 Å². The molecule has 0 atom stereocenters. The van der Waals surface area contributed by atoms with E-state index in [1.807, 2.05) is 18.2 Å². The Balaban J connectivity index is 1.75. The van der Waals surface area contributed by atoms with Gasteiger partial charge in [0, 0.05) is 17.8 Å². The van der Waals surface area contributed by atoms with Crippen LogP contribution in [0.3, 0.4) is 0 Å². The fourth-order valence-corrected chi connectivity index (χ4v) is 3.66. The number of carbonyl (C=O) groups is 3. The van der Waals surface area contributed by atoms with Gasteiger partial charge in [0.2, 0.25) is 5.91 Å². The van der Waals surface area contributed by atoms with E-state index in [1.54, 1.807) is 13.0 Å². The van der Waals surface area contributed by atoms with E-state index in [2.05, 4.69) is 10.6 Å². The molecule has 1 aliphatic heterocycles. The number of nitrogens with zero attached hydrogens (tertiary/aromatic N) is 1. The number of ether oxygens (including phenoxy) is 1. The minimum atomic E-state index is -0.407. The van der Waals surface area contributed by atoms with E-state index in [-0.39, 0.29) is 37.4 Å². The van der Waals surface area contributed by atoms with Gasteiger partial charge in [-0.3, -0.25) is 19.3 Å². The Morgan fingerprint density at radius 3 is 2.71 bits per heavy atom. The number of rotatable bonds is 6. The maximum Gasteiger partial charge on any atom is 0.311 e. The predicted molar refractivity (Wildman–Crippen MR) is 107 cm³/mol. The van der Waals surface area contributed by atoms with Gasteiger partial charge in [0.25, 0.3) is 5.91 Å². The van der Waals surface area contributed by atoms with E-state index >= 15 is 0 Å². The molecule has 7 heteroatoms. The van der Waals surface area contributed by atoms with Crippen LogP contribution in [0.4, 0.5) is 11.4 Å². The molecule has 7 nitrogen and oxygen atoms in total. The lowest BCUT2D eigenvalue weighted by Crippen LogP contribution is -2.44. The number of amides is 2. The van der Waals surface area contributed by atoms with Gasteiger partial charge in [-0.15, -0.1) is 0 Å². The summed E-state index contributed by atoms with van der Waals surface area (Å²) in [5.74, 6) is -0.914. The first-order valence-corrected chi connectivity index (χ1v) is 9.90. The van der Waals surface area contributed by atoms with Crippen LogP contribution in [-0.4, -0.2) is 37.0 Å². The Kier molecular flexibility index (Phi) is 6.68. The van der Waals surface area contributed by atoms with Crippen molar-refractivity contribution in [2.75, 3.05) is 23.4 Å². The van der Waals surface area contributed by atoms with Crippen LogP contribution in [0.1, 0.15) is 45.4 Å². The minimum absolute atomic E-state index is 0.0317. The number of esters is 1. The van der Waals surface area contributed by atoms with Crippen molar-refractivity contribution in [2.45, 2.75) is 51.5 Å². The monoisotopic (exact) mass is 385 g/mol. The van der Waals surface area contributed by atoms with Crippen molar-refractivity contribution in [3.8, 4) is 0 Å². The maximum absolute atomic E-state index is 12.8. The highest BCUT2D eigenvalue weighted by Gasteiger charge is 2.26. The lowest BCUT2D eigenvalue weighted by molar-refractivity contribution is -0.142. The van der Waals surface area contributed by atoms with Crippen LogP contribution >= 0.6 is 0 Å². The zero-order valence-corrected chi connectivity index (χ0v) is 16.2. The topological polar surface area (TPSA) is 87.7 Å². The highest BCUT2D eigenvalue weighted by atomic mass is 16.5. The summed E-state index contributed by atoms with van der Waals surface area (Å²) in [6, 6.07) is 7.44. The molecule has 150 valence electrons. The van der Waals surface area contributed by atoms with Gasteiger partial charge in [0.1, 0.15) is 6.54 Å². The summed E-state index contributed by atoms with van der Waals surface area (Å²) >= 11 is 0. The van der Waals surface area contributed by atoms with Crippen LogP contribution in [0.2, 0.25) is 0 Å². The van der Waals surface area contributed by atoms with Crippen molar-refractivity contribution < 1.29 is 19.1 Å². The van der Waals surface area contributed by atoms with E-state index in [9.17, 15) is 14.4 Å². The molecule has 0 radical (unpaired) electrons. The molecule has 0 saturated heterocycles. The Labute approximate surface area is 165 Å². The number of hydrogen-bond acceptors (Lipinski definition) is 5. The average Bonchev–Trinajstić information content (AvgIpc) is 2.79. The third-order valence-electron chi connectivity index (χ3n) is 4.97. The zero-order valence-electron chi connectivity index (χ0n) is 16.2. The van der Waals surface area contributed by atoms with Gasteiger partial charge in [0.05, 0.1) is 24.4 Å². The van der Waals surface area contributed by atoms with Crippen LogP contribution in [0.15, 0.2) is 36.0 Å². The molecule has 2 N–H and O–H groups in total. The van der Waals surface area contributed by atoms with E-state index in [1.165, 1.54) is 17.4 Å². The number of anilines is 2. The maximum atomic E-state index is 12.8. The average molecular weight is 385 g/mol. The van der Waals surface area contributed by atoms with Crippen LogP contribution < -0.4 is 15.5 Å². The smallest absolute Gasteiger partial charge is 0.311 e. The van der Waals surface area contributed by atoms with E-state index in [4.69, 9.17) is 4.74 Å². The number of hydrogen-bond donors (Lipinski definition) is 2. The molecule has 2 amide bonds. The molecule has 28 heavy (non-hydrogen) atoms. The zero-order chi connectivity index (χ0) is 19.9. The first kappa shape index (κ1) is 19.9. The minimum Gasteiger partial charge on any atom is -0.466 e. The number of benzene rings is 1. The summed E-state index contributed by atoms with van der Waals surface area (Å²) < 4.78 is 4.98.